The van der Waals surface area contributed by atoms with Crippen LogP contribution in [0.1, 0.15) is 49.3 Å². The summed E-state index contributed by atoms with van der Waals surface area (Å²) in [5.41, 5.74) is 9.31. The normalized spacial score (nSPS) is 21.6. The molecule has 2 unspecified atom stereocenters. The number of halogens is 1. The minimum atomic E-state index is -0.402. The van der Waals surface area contributed by atoms with Gasteiger partial charge >= 0.3 is 0 Å². The van der Waals surface area contributed by atoms with Crippen molar-refractivity contribution in [3.63, 3.8) is 0 Å². The molecule has 3 N–H and O–H groups in total. The summed E-state index contributed by atoms with van der Waals surface area (Å²) in [6.07, 6.45) is 3.98. The number of ether oxygens (including phenoxy) is 1. The van der Waals surface area contributed by atoms with E-state index in [0.29, 0.717) is 19.8 Å². The third kappa shape index (κ3) is 6.06. The van der Waals surface area contributed by atoms with Crippen LogP contribution in [0.4, 0.5) is 0 Å². The summed E-state index contributed by atoms with van der Waals surface area (Å²) in [5, 5.41) is 3.10. The number of nitrogens with one attached hydrogen (secondary N) is 1. The third-order valence-electron chi connectivity index (χ3n) is 5.51. The molecule has 2 atom stereocenters. The maximum absolute atomic E-state index is 12.7. The van der Waals surface area contributed by atoms with Crippen molar-refractivity contribution in [2.24, 2.45) is 11.7 Å². The van der Waals surface area contributed by atoms with E-state index in [1.165, 1.54) is 0 Å². The molecule has 2 aromatic rings. The van der Waals surface area contributed by atoms with E-state index >= 15 is 0 Å². The van der Waals surface area contributed by atoms with E-state index in [-0.39, 0.29) is 24.2 Å². The zero-order valence-electron chi connectivity index (χ0n) is 16.5. The molecule has 1 aliphatic carbocycles. The van der Waals surface area contributed by atoms with E-state index < -0.39 is 5.54 Å². The number of benzene rings is 2. The van der Waals surface area contributed by atoms with Crippen LogP contribution >= 0.6 is 12.4 Å². The molecule has 152 valence electrons. The van der Waals surface area contributed by atoms with Crippen molar-refractivity contribution in [1.82, 2.24) is 5.32 Å². The first-order valence-corrected chi connectivity index (χ1v) is 9.81. The highest BCUT2D eigenvalue weighted by Gasteiger charge is 2.37. The van der Waals surface area contributed by atoms with E-state index in [4.69, 9.17) is 10.5 Å². The van der Waals surface area contributed by atoms with E-state index in [1.54, 1.807) is 0 Å². The van der Waals surface area contributed by atoms with Crippen molar-refractivity contribution in [3.05, 3.63) is 71.3 Å². The monoisotopic (exact) mass is 402 g/mol. The first kappa shape index (κ1) is 22.4. The van der Waals surface area contributed by atoms with Crippen LogP contribution in [0.15, 0.2) is 54.6 Å². The molecular formula is C23H31ClN2O2. The Morgan fingerprint density at radius 2 is 1.75 bits per heavy atom. The summed E-state index contributed by atoms with van der Waals surface area (Å²) in [5.74, 6) is -0.0348. The zero-order chi connectivity index (χ0) is 19.1. The number of hydrogen-bond donors (Lipinski definition) is 2. The second-order valence-corrected chi connectivity index (χ2v) is 7.77. The SMILES string of the molecule is CC1(N)CCCCC1C(=O)NCc1ccccc1COCc1ccccc1.Cl. The molecule has 0 bridgehead atoms. The van der Waals surface area contributed by atoms with Gasteiger partial charge in [0.05, 0.1) is 19.1 Å². The van der Waals surface area contributed by atoms with Crippen LogP contribution < -0.4 is 11.1 Å². The van der Waals surface area contributed by atoms with Gasteiger partial charge in [-0.2, -0.15) is 0 Å². The summed E-state index contributed by atoms with van der Waals surface area (Å²) in [6, 6.07) is 18.2. The van der Waals surface area contributed by atoms with E-state index in [1.807, 2.05) is 43.3 Å². The standard InChI is InChI=1S/C23H30N2O2.ClH/c1-23(24)14-8-7-13-21(23)22(26)25-15-19-11-5-6-12-20(19)17-27-16-18-9-3-2-4-10-18;/h2-6,9-12,21H,7-8,13-17,24H2,1H3,(H,25,26);1H. The molecule has 4 nitrogen and oxygen atoms in total. The summed E-state index contributed by atoms with van der Waals surface area (Å²) < 4.78 is 5.87. The molecule has 0 radical (unpaired) electrons. The molecule has 0 aliphatic heterocycles. The predicted molar refractivity (Wildman–Crippen MR) is 115 cm³/mol. The van der Waals surface area contributed by atoms with Crippen LogP contribution in [0, 0.1) is 5.92 Å². The molecule has 1 aliphatic rings. The van der Waals surface area contributed by atoms with Crippen LogP contribution in [-0.4, -0.2) is 11.4 Å². The number of carbonyl (C=O) groups is 1. The highest BCUT2D eigenvalue weighted by Crippen LogP contribution is 2.31. The molecule has 1 fully saturated rings. The molecular weight excluding hydrogens is 372 g/mol. The molecule has 0 saturated heterocycles. The molecule has 0 spiro atoms. The van der Waals surface area contributed by atoms with Gasteiger partial charge in [-0.1, -0.05) is 67.4 Å². The minimum Gasteiger partial charge on any atom is -0.372 e. The Kier molecular flexibility index (Phi) is 8.49. The van der Waals surface area contributed by atoms with Crippen LogP contribution in [0.25, 0.3) is 0 Å². The van der Waals surface area contributed by atoms with E-state index in [2.05, 4.69) is 23.5 Å². The average molecular weight is 403 g/mol. The van der Waals surface area contributed by atoms with Crippen LogP contribution in [0.2, 0.25) is 0 Å². The maximum Gasteiger partial charge on any atom is 0.225 e. The van der Waals surface area contributed by atoms with Gasteiger partial charge in [0.25, 0.3) is 0 Å². The van der Waals surface area contributed by atoms with Crippen molar-refractivity contribution < 1.29 is 9.53 Å². The second kappa shape index (κ2) is 10.6. The molecule has 1 saturated carbocycles. The van der Waals surface area contributed by atoms with Crippen LogP contribution in [0.5, 0.6) is 0 Å². The fourth-order valence-electron chi connectivity index (χ4n) is 3.82. The summed E-state index contributed by atoms with van der Waals surface area (Å²) in [6.45, 7) is 3.62. The smallest absolute Gasteiger partial charge is 0.225 e. The highest BCUT2D eigenvalue weighted by molar-refractivity contribution is 5.85. The van der Waals surface area contributed by atoms with Crippen LogP contribution in [0.3, 0.4) is 0 Å². The Hall–Kier alpha value is -1.88. The summed E-state index contributed by atoms with van der Waals surface area (Å²) in [4.78, 5) is 12.7. The maximum atomic E-state index is 12.7. The Bertz CT molecular complexity index is 749. The van der Waals surface area contributed by atoms with Gasteiger partial charge < -0.3 is 15.8 Å². The molecule has 0 aromatic heterocycles. The van der Waals surface area contributed by atoms with Crippen molar-refractivity contribution in [3.8, 4) is 0 Å². The Morgan fingerprint density at radius 1 is 1.07 bits per heavy atom. The lowest BCUT2D eigenvalue weighted by Gasteiger charge is -2.37. The molecule has 1 amide bonds. The minimum absolute atomic E-state index is 0. The first-order valence-electron chi connectivity index (χ1n) is 9.81. The first-order chi connectivity index (χ1) is 13.1. The molecule has 28 heavy (non-hydrogen) atoms. The topological polar surface area (TPSA) is 64.4 Å². The van der Waals surface area contributed by atoms with Crippen LogP contribution in [-0.2, 0) is 29.3 Å². The molecule has 0 heterocycles. The number of amides is 1. The number of carbonyl (C=O) groups excluding carboxylic acids is 1. The number of hydrogen-bond acceptors (Lipinski definition) is 3. The Balaban J connectivity index is 0.00000280. The number of nitrogens with two attached hydrogens (primary N) is 1. The lowest BCUT2D eigenvalue weighted by atomic mass is 9.74. The lowest BCUT2D eigenvalue weighted by molar-refractivity contribution is -0.128. The van der Waals surface area contributed by atoms with Gasteiger partial charge in [0.2, 0.25) is 5.91 Å². The Labute approximate surface area is 174 Å². The zero-order valence-corrected chi connectivity index (χ0v) is 17.3. The van der Waals surface area contributed by atoms with Gasteiger partial charge in [0.1, 0.15) is 0 Å². The highest BCUT2D eigenvalue weighted by atomic mass is 35.5. The van der Waals surface area contributed by atoms with Gasteiger partial charge in [0.15, 0.2) is 0 Å². The largest absolute Gasteiger partial charge is 0.372 e. The van der Waals surface area contributed by atoms with Gasteiger partial charge in [0, 0.05) is 12.1 Å². The van der Waals surface area contributed by atoms with Gasteiger partial charge in [-0.15, -0.1) is 12.4 Å². The quantitative estimate of drug-likeness (QED) is 0.723. The summed E-state index contributed by atoms with van der Waals surface area (Å²) in [7, 11) is 0. The van der Waals surface area contributed by atoms with Crippen molar-refractivity contribution >= 4 is 18.3 Å². The van der Waals surface area contributed by atoms with E-state index in [0.717, 1.165) is 42.4 Å². The average Bonchev–Trinajstić information content (AvgIpc) is 2.67. The van der Waals surface area contributed by atoms with Crippen molar-refractivity contribution in [2.45, 2.75) is 57.9 Å². The lowest BCUT2D eigenvalue weighted by Crippen LogP contribution is -2.52. The van der Waals surface area contributed by atoms with Gasteiger partial charge in [-0.3, -0.25) is 4.79 Å². The molecule has 5 heteroatoms. The third-order valence-corrected chi connectivity index (χ3v) is 5.51. The molecule has 3 rings (SSSR count). The predicted octanol–water partition coefficient (Wildman–Crippen LogP) is 4.35. The summed E-state index contributed by atoms with van der Waals surface area (Å²) >= 11 is 0. The van der Waals surface area contributed by atoms with Gasteiger partial charge in [-0.05, 0) is 36.5 Å². The van der Waals surface area contributed by atoms with Gasteiger partial charge in [-0.25, -0.2) is 0 Å². The Morgan fingerprint density at radius 3 is 2.46 bits per heavy atom. The second-order valence-electron chi connectivity index (χ2n) is 7.77. The van der Waals surface area contributed by atoms with Crippen molar-refractivity contribution in [1.29, 1.82) is 0 Å². The van der Waals surface area contributed by atoms with E-state index in [9.17, 15) is 4.79 Å². The fraction of sp³-hybridized carbons (Fsp3) is 0.435. The number of rotatable bonds is 7. The van der Waals surface area contributed by atoms with Crippen molar-refractivity contribution in [2.75, 3.05) is 0 Å². The molecule has 2 aromatic carbocycles. The fourth-order valence-corrected chi connectivity index (χ4v) is 3.82.